The molecule has 0 N–H and O–H groups in total. The number of piperidine rings is 2. The van der Waals surface area contributed by atoms with E-state index in [0.717, 1.165) is 76.3 Å². The highest BCUT2D eigenvalue weighted by Crippen LogP contribution is 2.35. The molecule has 3 saturated heterocycles. The summed E-state index contributed by atoms with van der Waals surface area (Å²) in [5.41, 5.74) is 2.29. The van der Waals surface area contributed by atoms with Gasteiger partial charge in [0.05, 0.1) is 6.04 Å². The summed E-state index contributed by atoms with van der Waals surface area (Å²) in [6.45, 7) is 7.63. The first-order valence-electron chi connectivity index (χ1n) is 14.5. The van der Waals surface area contributed by atoms with Crippen molar-refractivity contribution in [2.45, 2.75) is 63.3 Å². The van der Waals surface area contributed by atoms with E-state index < -0.39 is 0 Å². The van der Waals surface area contributed by atoms with Gasteiger partial charge in [0.15, 0.2) is 0 Å². The summed E-state index contributed by atoms with van der Waals surface area (Å²) in [5.74, 6) is 1.67. The Morgan fingerprint density at radius 3 is 2.34 bits per heavy atom. The number of rotatable bonds is 9. The lowest BCUT2D eigenvalue weighted by molar-refractivity contribution is -0.138. The predicted molar refractivity (Wildman–Crippen MR) is 156 cm³/mol. The fourth-order valence-electron chi connectivity index (χ4n) is 6.36. The fourth-order valence-corrected chi connectivity index (χ4v) is 6.85. The Balaban J connectivity index is 1.22. The van der Waals surface area contributed by atoms with Crippen LogP contribution in [0.15, 0.2) is 42.5 Å². The first kappa shape index (κ1) is 27.8. The van der Waals surface area contributed by atoms with E-state index in [4.69, 9.17) is 27.9 Å². The molecule has 7 heteroatoms. The Hall–Kier alpha value is -1.79. The monoisotopic (exact) mass is 557 g/mol. The fraction of sp³-hybridized carbons (Fsp3) is 0.581. The normalized spacial score (nSPS) is 20.5. The van der Waals surface area contributed by atoms with Crippen molar-refractivity contribution in [3.05, 3.63) is 63.6 Å². The van der Waals surface area contributed by atoms with Crippen LogP contribution in [0, 0.1) is 0 Å². The van der Waals surface area contributed by atoms with Gasteiger partial charge in [0.1, 0.15) is 12.4 Å². The molecule has 0 radical (unpaired) electrons. The molecule has 0 aliphatic carbocycles. The van der Waals surface area contributed by atoms with Crippen LogP contribution in [0.4, 0.5) is 0 Å². The first-order chi connectivity index (χ1) is 18.6. The summed E-state index contributed by atoms with van der Waals surface area (Å²) in [5, 5.41) is 1.27. The van der Waals surface area contributed by atoms with Crippen molar-refractivity contribution < 1.29 is 9.53 Å². The molecule has 0 unspecified atom stereocenters. The molecule has 0 bridgehead atoms. The largest absolute Gasteiger partial charge is 0.492 e. The highest BCUT2D eigenvalue weighted by molar-refractivity contribution is 6.35. The smallest absolute Gasteiger partial charge is 0.240 e. The van der Waals surface area contributed by atoms with Crippen molar-refractivity contribution in [3.8, 4) is 5.75 Å². The molecule has 3 fully saturated rings. The number of para-hydroxylation sites is 1. The Morgan fingerprint density at radius 2 is 1.61 bits per heavy atom. The number of hydrogen-bond donors (Lipinski definition) is 0. The third kappa shape index (κ3) is 7.04. The van der Waals surface area contributed by atoms with E-state index >= 15 is 0 Å². The number of benzene rings is 2. The maximum absolute atomic E-state index is 13.9. The number of likely N-dealkylation sites (tertiary alicyclic amines) is 3. The summed E-state index contributed by atoms with van der Waals surface area (Å²) in [6, 6.07) is 14.0. The first-order valence-corrected chi connectivity index (χ1v) is 15.2. The van der Waals surface area contributed by atoms with E-state index in [1.54, 1.807) is 6.07 Å². The predicted octanol–water partition coefficient (Wildman–Crippen LogP) is 6.27. The lowest BCUT2D eigenvalue weighted by atomic mass is 9.88. The number of halogens is 2. The molecule has 206 valence electrons. The summed E-state index contributed by atoms with van der Waals surface area (Å²) < 4.78 is 6.28. The summed E-state index contributed by atoms with van der Waals surface area (Å²) in [7, 11) is 0. The highest BCUT2D eigenvalue weighted by Gasteiger charge is 2.34. The van der Waals surface area contributed by atoms with Gasteiger partial charge in [0.25, 0.3) is 0 Å². The minimum absolute atomic E-state index is 0.174. The Labute approximate surface area is 238 Å². The van der Waals surface area contributed by atoms with E-state index in [2.05, 4.69) is 39.0 Å². The van der Waals surface area contributed by atoms with Crippen molar-refractivity contribution in [2.75, 3.05) is 52.4 Å². The molecule has 2 aromatic carbocycles. The van der Waals surface area contributed by atoms with Gasteiger partial charge in [-0.05, 0) is 106 Å². The third-order valence-corrected chi connectivity index (χ3v) is 9.16. The van der Waals surface area contributed by atoms with E-state index in [1.807, 2.05) is 12.1 Å². The second-order valence-corrected chi connectivity index (χ2v) is 11.9. The minimum atomic E-state index is -0.174. The van der Waals surface area contributed by atoms with E-state index in [9.17, 15) is 4.79 Å². The van der Waals surface area contributed by atoms with Crippen LogP contribution < -0.4 is 4.74 Å². The summed E-state index contributed by atoms with van der Waals surface area (Å²) in [6.07, 6.45) is 8.70. The lowest BCUT2D eigenvalue weighted by Crippen LogP contribution is -2.53. The van der Waals surface area contributed by atoms with Gasteiger partial charge in [-0.15, -0.1) is 0 Å². The summed E-state index contributed by atoms with van der Waals surface area (Å²) in [4.78, 5) is 20.9. The molecule has 1 amide bonds. The van der Waals surface area contributed by atoms with Crippen molar-refractivity contribution in [2.24, 2.45) is 0 Å². The lowest BCUT2D eigenvalue weighted by Gasteiger charge is -2.39. The van der Waals surface area contributed by atoms with Crippen LogP contribution in [0.5, 0.6) is 5.75 Å². The van der Waals surface area contributed by atoms with Crippen LogP contribution >= 0.6 is 23.2 Å². The zero-order chi connectivity index (χ0) is 26.3. The molecule has 1 atom stereocenters. The van der Waals surface area contributed by atoms with Gasteiger partial charge in [-0.3, -0.25) is 14.6 Å². The van der Waals surface area contributed by atoms with Crippen molar-refractivity contribution >= 4 is 29.1 Å². The van der Waals surface area contributed by atoms with E-state index in [-0.39, 0.29) is 11.9 Å². The Bertz CT molecular complexity index is 1060. The van der Waals surface area contributed by atoms with Crippen LogP contribution in [-0.4, -0.2) is 79.1 Å². The van der Waals surface area contributed by atoms with Crippen LogP contribution in [0.1, 0.15) is 62.0 Å². The number of amides is 1. The van der Waals surface area contributed by atoms with Crippen LogP contribution in [0.3, 0.4) is 0 Å². The van der Waals surface area contributed by atoms with Crippen molar-refractivity contribution in [3.63, 3.8) is 0 Å². The van der Waals surface area contributed by atoms with Gasteiger partial charge in [-0.1, -0.05) is 53.9 Å². The molecule has 3 aliphatic heterocycles. The van der Waals surface area contributed by atoms with Crippen molar-refractivity contribution in [1.29, 1.82) is 0 Å². The van der Waals surface area contributed by atoms with E-state index in [1.165, 1.54) is 37.9 Å². The molecule has 0 aromatic heterocycles. The molecule has 38 heavy (non-hydrogen) atoms. The number of ether oxygens (including phenoxy) is 1. The zero-order valence-electron chi connectivity index (χ0n) is 22.4. The molecular weight excluding hydrogens is 517 g/mol. The van der Waals surface area contributed by atoms with Gasteiger partial charge in [-0.2, -0.15) is 0 Å². The van der Waals surface area contributed by atoms with Gasteiger partial charge in [0, 0.05) is 29.7 Å². The highest BCUT2D eigenvalue weighted by atomic mass is 35.5. The minimum Gasteiger partial charge on any atom is -0.492 e. The SMILES string of the molecule is O=C([C@@H](Cc1ccc(Cl)cc1Cl)N1CCCCC1)N1CCC(c2ccccc2OCCN2CCCC2)CC1. The average molecular weight is 559 g/mol. The quantitative estimate of drug-likeness (QED) is 0.364. The Kier molecular flexibility index (Phi) is 9.88. The maximum atomic E-state index is 13.9. The standard InChI is InChI=1S/C31H41Cl2N3O2/c32-26-11-10-25(28(33)23-26)22-29(35-16-4-1-5-17-35)31(37)36-18-12-24(13-19-36)27-8-2-3-9-30(27)38-21-20-34-14-6-7-15-34/h2-3,8-11,23-24,29H,1,4-7,12-22H2/t29-/m1/s1. The van der Waals surface area contributed by atoms with Crippen LogP contribution in [0.2, 0.25) is 10.0 Å². The van der Waals surface area contributed by atoms with Gasteiger partial charge >= 0.3 is 0 Å². The van der Waals surface area contributed by atoms with Gasteiger partial charge < -0.3 is 9.64 Å². The number of carbonyl (C=O) groups excluding carboxylic acids is 1. The topological polar surface area (TPSA) is 36.0 Å². The third-order valence-electron chi connectivity index (χ3n) is 8.57. The molecule has 5 rings (SSSR count). The Morgan fingerprint density at radius 1 is 0.895 bits per heavy atom. The van der Waals surface area contributed by atoms with Gasteiger partial charge in [0.2, 0.25) is 5.91 Å². The molecule has 3 aliphatic rings. The molecule has 0 spiro atoms. The maximum Gasteiger partial charge on any atom is 0.240 e. The summed E-state index contributed by atoms with van der Waals surface area (Å²) >= 11 is 12.7. The molecular formula is C31H41Cl2N3O2. The molecule has 0 saturated carbocycles. The van der Waals surface area contributed by atoms with Crippen LogP contribution in [-0.2, 0) is 11.2 Å². The second kappa shape index (κ2) is 13.5. The second-order valence-electron chi connectivity index (χ2n) is 11.1. The van der Waals surface area contributed by atoms with E-state index in [0.29, 0.717) is 22.4 Å². The number of hydrogen-bond acceptors (Lipinski definition) is 4. The average Bonchev–Trinajstić information content (AvgIpc) is 3.47. The van der Waals surface area contributed by atoms with Crippen LogP contribution in [0.25, 0.3) is 0 Å². The van der Waals surface area contributed by atoms with Crippen molar-refractivity contribution in [1.82, 2.24) is 14.7 Å². The molecule has 5 nitrogen and oxygen atoms in total. The zero-order valence-corrected chi connectivity index (χ0v) is 23.9. The number of carbonyl (C=O) groups is 1. The van der Waals surface area contributed by atoms with Gasteiger partial charge in [-0.25, -0.2) is 0 Å². The molecule has 3 heterocycles. The number of nitrogens with zero attached hydrogens (tertiary/aromatic N) is 3. The molecule has 2 aromatic rings.